The maximum Gasteiger partial charge on any atom is 0.256 e. The predicted octanol–water partition coefficient (Wildman–Crippen LogP) is 4.33. The number of carbonyl (C=O) groups is 1. The molecular formula is C29H34N8O. The molecule has 9 nitrogen and oxygen atoms in total. The largest absolute Gasteiger partial charge is 0.368 e. The molecular weight excluding hydrogens is 476 g/mol. The van der Waals surface area contributed by atoms with E-state index in [1.807, 2.05) is 55.8 Å². The number of aromatic nitrogens is 5. The van der Waals surface area contributed by atoms with E-state index in [1.54, 1.807) is 10.9 Å². The molecule has 4 aromatic rings. The van der Waals surface area contributed by atoms with E-state index in [1.165, 1.54) is 0 Å². The number of benzene rings is 1. The molecule has 0 radical (unpaired) electrons. The Hall–Kier alpha value is -4.11. The van der Waals surface area contributed by atoms with E-state index in [9.17, 15) is 4.79 Å². The van der Waals surface area contributed by atoms with Gasteiger partial charge in [0.1, 0.15) is 11.5 Å². The van der Waals surface area contributed by atoms with Gasteiger partial charge in [0.25, 0.3) is 5.91 Å². The highest BCUT2D eigenvalue weighted by Crippen LogP contribution is 2.26. The number of rotatable bonds is 5. The second kappa shape index (κ2) is 10.3. The number of likely N-dealkylation sites (N-methyl/N-ethyl adjacent to an activating group) is 1. The highest BCUT2D eigenvalue weighted by Gasteiger charge is 2.18. The lowest BCUT2D eigenvalue weighted by atomic mass is 9.88. The van der Waals surface area contributed by atoms with Crippen LogP contribution in [0.5, 0.6) is 0 Å². The number of piperazine rings is 1. The van der Waals surface area contributed by atoms with Gasteiger partial charge in [-0.1, -0.05) is 32.1 Å². The van der Waals surface area contributed by atoms with Crippen LogP contribution in [0.25, 0.3) is 16.9 Å². The molecule has 1 aliphatic rings. The SMILES string of the molecule is Cc1ccc(C(=O)Nc2cc(C(C)(C)C)ccn2)cc1-n1cc(-c2cncc(N3CCN(C)CC3)c2)nn1. The lowest BCUT2D eigenvalue weighted by molar-refractivity contribution is 0.102. The molecule has 196 valence electrons. The molecule has 0 saturated carbocycles. The number of hydrogen-bond acceptors (Lipinski definition) is 7. The summed E-state index contributed by atoms with van der Waals surface area (Å²) in [5.41, 5.74) is 6.08. The van der Waals surface area contributed by atoms with Gasteiger partial charge >= 0.3 is 0 Å². The van der Waals surface area contributed by atoms with Gasteiger partial charge < -0.3 is 15.1 Å². The molecule has 1 fully saturated rings. The standard InChI is InChI=1S/C29H34N8O/c1-20-6-7-21(28(38)32-27-16-23(8-9-31-27)29(2,3)4)15-26(20)37-19-25(33-34-37)22-14-24(18-30-17-22)36-12-10-35(5)11-13-36/h6-9,14-19H,10-13H2,1-5H3,(H,31,32,38). The summed E-state index contributed by atoms with van der Waals surface area (Å²) in [5, 5.41) is 11.7. The minimum atomic E-state index is -0.228. The summed E-state index contributed by atoms with van der Waals surface area (Å²) >= 11 is 0. The molecule has 5 rings (SSSR count). The maximum atomic E-state index is 13.1. The molecule has 1 aromatic carbocycles. The van der Waals surface area contributed by atoms with Gasteiger partial charge in [-0.25, -0.2) is 9.67 Å². The van der Waals surface area contributed by atoms with Crippen LogP contribution in [0.3, 0.4) is 0 Å². The molecule has 38 heavy (non-hydrogen) atoms. The van der Waals surface area contributed by atoms with Gasteiger partial charge in [-0.05, 0) is 60.8 Å². The zero-order valence-corrected chi connectivity index (χ0v) is 22.6. The Morgan fingerprint density at radius 3 is 2.55 bits per heavy atom. The fourth-order valence-electron chi connectivity index (χ4n) is 4.47. The fourth-order valence-corrected chi connectivity index (χ4v) is 4.47. The van der Waals surface area contributed by atoms with Gasteiger partial charge in [-0.15, -0.1) is 5.10 Å². The van der Waals surface area contributed by atoms with Gasteiger partial charge in [0.2, 0.25) is 0 Å². The molecule has 0 atom stereocenters. The summed E-state index contributed by atoms with van der Waals surface area (Å²) in [7, 11) is 2.15. The monoisotopic (exact) mass is 510 g/mol. The van der Waals surface area contributed by atoms with Crippen LogP contribution < -0.4 is 10.2 Å². The smallest absolute Gasteiger partial charge is 0.256 e. The third kappa shape index (κ3) is 5.57. The quantitative estimate of drug-likeness (QED) is 0.427. The Balaban J connectivity index is 1.36. The highest BCUT2D eigenvalue weighted by molar-refractivity contribution is 6.04. The number of anilines is 2. The molecule has 1 N–H and O–H groups in total. The summed E-state index contributed by atoms with van der Waals surface area (Å²) in [4.78, 5) is 26.6. The van der Waals surface area contributed by atoms with Crippen molar-refractivity contribution in [2.45, 2.75) is 33.1 Å². The molecule has 3 aromatic heterocycles. The first-order chi connectivity index (χ1) is 18.2. The van der Waals surface area contributed by atoms with E-state index < -0.39 is 0 Å². The topological polar surface area (TPSA) is 92.1 Å². The molecule has 0 spiro atoms. The Labute approximate surface area is 223 Å². The van der Waals surface area contributed by atoms with Crippen LogP contribution in [0.1, 0.15) is 42.3 Å². The summed E-state index contributed by atoms with van der Waals surface area (Å²) in [6.07, 6.45) is 7.31. The lowest BCUT2D eigenvalue weighted by Crippen LogP contribution is -2.44. The molecule has 1 amide bonds. The van der Waals surface area contributed by atoms with Crippen molar-refractivity contribution in [3.8, 4) is 16.9 Å². The lowest BCUT2D eigenvalue weighted by Gasteiger charge is -2.33. The molecule has 0 bridgehead atoms. The zero-order valence-electron chi connectivity index (χ0n) is 22.6. The first-order valence-electron chi connectivity index (χ1n) is 12.9. The average Bonchev–Trinajstić information content (AvgIpc) is 3.39. The predicted molar refractivity (Wildman–Crippen MR) is 150 cm³/mol. The minimum absolute atomic E-state index is 0.0379. The van der Waals surface area contributed by atoms with Crippen molar-refractivity contribution >= 4 is 17.4 Å². The third-order valence-corrected chi connectivity index (χ3v) is 6.97. The molecule has 0 aliphatic carbocycles. The van der Waals surface area contributed by atoms with E-state index in [0.717, 1.165) is 59.9 Å². The highest BCUT2D eigenvalue weighted by atomic mass is 16.1. The minimum Gasteiger partial charge on any atom is -0.368 e. The van der Waals surface area contributed by atoms with Crippen molar-refractivity contribution in [2.24, 2.45) is 0 Å². The Kier molecular flexibility index (Phi) is 6.94. The normalized spacial score (nSPS) is 14.5. The number of amides is 1. The number of nitrogens with zero attached hydrogens (tertiary/aromatic N) is 7. The third-order valence-electron chi connectivity index (χ3n) is 6.97. The number of hydrogen-bond donors (Lipinski definition) is 1. The average molecular weight is 511 g/mol. The number of pyridine rings is 2. The zero-order chi connectivity index (χ0) is 26.9. The van der Waals surface area contributed by atoms with Crippen LogP contribution in [0, 0.1) is 6.92 Å². The van der Waals surface area contributed by atoms with Crippen LogP contribution in [0.2, 0.25) is 0 Å². The fraction of sp³-hybridized carbons (Fsp3) is 0.345. The van der Waals surface area contributed by atoms with E-state index in [-0.39, 0.29) is 11.3 Å². The second-order valence-corrected chi connectivity index (χ2v) is 10.9. The van der Waals surface area contributed by atoms with E-state index in [0.29, 0.717) is 11.4 Å². The Bertz CT molecular complexity index is 1450. The van der Waals surface area contributed by atoms with Crippen LogP contribution in [0.4, 0.5) is 11.5 Å². The molecule has 4 heterocycles. The van der Waals surface area contributed by atoms with E-state index in [4.69, 9.17) is 0 Å². The molecule has 9 heteroatoms. The van der Waals surface area contributed by atoms with Crippen molar-refractivity contribution in [1.82, 2.24) is 29.9 Å². The van der Waals surface area contributed by atoms with Crippen LogP contribution in [-0.2, 0) is 5.41 Å². The summed E-state index contributed by atoms with van der Waals surface area (Å²) in [6.45, 7) is 12.4. The van der Waals surface area contributed by atoms with Crippen LogP contribution in [0.15, 0.2) is 61.2 Å². The molecule has 1 aliphatic heterocycles. The Morgan fingerprint density at radius 2 is 1.79 bits per heavy atom. The van der Waals surface area contributed by atoms with Crippen molar-refractivity contribution in [3.05, 3.63) is 77.9 Å². The van der Waals surface area contributed by atoms with E-state index >= 15 is 0 Å². The molecule has 1 saturated heterocycles. The van der Waals surface area contributed by atoms with E-state index in [2.05, 4.69) is 69.3 Å². The Morgan fingerprint density at radius 1 is 1.00 bits per heavy atom. The number of aryl methyl sites for hydroxylation is 1. The van der Waals surface area contributed by atoms with Gasteiger partial charge in [0.15, 0.2) is 0 Å². The summed E-state index contributed by atoms with van der Waals surface area (Å²) in [6, 6.07) is 11.6. The van der Waals surface area contributed by atoms with Crippen molar-refractivity contribution in [3.63, 3.8) is 0 Å². The van der Waals surface area contributed by atoms with Crippen molar-refractivity contribution in [1.29, 1.82) is 0 Å². The molecule has 0 unspecified atom stereocenters. The summed E-state index contributed by atoms with van der Waals surface area (Å²) in [5.74, 6) is 0.301. The van der Waals surface area contributed by atoms with Crippen LogP contribution >= 0.6 is 0 Å². The number of nitrogens with one attached hydrogen (secondary N) is 1. The number of carbonyl (C=O) groups excluding carboxylic acids is 1. The first-order valence-corrected chi connectivity index (χ1v) is 12.9. The van der Waals surface area contributed by atoms with Crippen molar-refractivity contribution < 1.29 is 4.79 Å². The van der Waals surface area contributed by atoms with Gasteiger partial charge in [-0.3, -0.25) is 9.78 Å². The van der Waals surface area contributed by atoms with Gasteiger partial charge in [0, 0.05) is 49.7 Å². The summed E-state index contributed by atoms with van der Waals surface area (Å²) < 4.78 is 1.71. The van der Waals surface area contributed by atoms with Gasteiger partial charge in [0.05, 0.1) is 23.8 Å². The van der Waals surface area contributed by atoms with Crippen LogP contribution in [-0.4, -0.2) is 69.0 Å². The van der Waals surface area contributed by atoms with Crippen molar-refractivity contribution in [2.75, 3.05) is 43.4 Å². The first kappa shape index (κ1) is 25.5. The maximum absolute atomic E-state index is 13.1. The van der Waals surface area contributed by atoms with Gasteiger partial charge in [-0.2, -0.15) is 0 Å². The second-order valence-electron chi connectivity index (χ2n) is 10.9.